The van der Waals surface area contributed by atoms with Crippen LogP contribution in [0.3, 0.4) is 0 Å². The van der Waals surface area contributed by atoms with Gasteiger partial charge in [-0.25, -0.2) is 0 Å². The van der Waals surface area contributed by atoms with Crippen molar-refractivity contribution in [1.29, 1.82) is 0 Å². The van der Waals surface area contributed by atoms with Gasteiger partial charge < -0.3 is 10.4 Å². The normalized spacial score (nSPS) is 24.8. The monoisotopic (exact) mass is 233 g/mol. The third-order valence-corrected chi connectivity index (χ3v) is 3.89. The Kier molecular flexibility index (Phi) is 4.57. The van der Waals surface area contributed by atoms with Gasteiger partial charge in [-0.3, -0.25) is 0 Å². The highest BCUT2D eigenvalue weighted by Gasteiger charge is 2.20. The summed E-state index contributed by atoms with van der Waals surface area (Å²) in [5, 5.41) is 12.6. The predicted molar refractivity (Wildman–Crippen MR) is 70.6 cm³/mol. The average Bonchev–Trinajstić information content (AvgIpc) is 2.38. The van der Waals surface area contributed by atoms with Crippen LogP contribution in [0.1, 0.15) is 43.7 Å². The molecular weight excluding hydrogens is 210 g/mol. The van der Waals surface area contributed by atoms with Crippen LogP contribution in [0.25, 0.3) is 0 Å². The van der Waals surface area contributed by atoms with Crippen LogP contribution in [0.15, 0.2) is 24.3 Å². The van der Waals surface area contributed by atoms with E-state index < -0.39 is 0 Å². The molecule has 94 valence electrons. The fourth-order valence-electron chi connectivity index (χ4n) is 2.63. The number of benzene rings is 1. The molecule has 0 aliphatic heterocycles. The Morgan fingerprint density at radius 3 is 2.41 bits per heavy atom. The first-order valence-electron chi connectivity index (χ1n) is 6.71. The molecule has 1 fully saturated rings. The summed E-state index contributed by atoms with van der Waals surface area (Å²) >= 11 is 0. The van der Waals surface area contributed by atoms with Gasteiger partial charge >= 0.3 is 0 Å². The Labute approximate surface area is 104 Å². The van der Waals surface area contributed by atoms with Crippen LogP contribution >= 0.6 is 0 Å². The zero-order chi connectivity index (χ0) is 12.1. The van der Waals surface area contributed by atoms with Crippen molar-refractivity contribution in [2.75, 3.05) is 0 Å². The molecule has 17 heavy (non-hydrogen) atoms. The first kappa shape index (κ1) is 12.6. The minimum Gasteiger partial charge on any atom is -0.392 e. The summed E-state index contributed by atoms with van der Waals surface area (Å²) in [4.78, 5) is 0. The summed E-state index contributed by atoms with van der Waals surface area (Å²) in [7, 11) is 0. The molecule has 0 saturated heterocycles. The Hall–Kier alpha value is -0.860. The Morgan fingerprint density at radius 2 is 1.76 bits per heavy atom. The van der Waals surface area contributed by atoms with Crippen LogP contribution in [0, 0.1) is 5.92 Å². The lowest BCUT2D eigenvalue weighted by molar-refractivity contribution is 0.279. The summed E-state index contributed by atoms with van der Waals surface area (Å²) in [6.07, 6.45) is 5.44. The molecular formula is C15H23NO. The van der Waals surface area contributed by atoms with Crippen molar-refractivity contribution in [2.24, 2.45) is 5.92 Å². The first-order chi connectivity index (χ1) is 8.29. The Morgan fingerprint density at radius 1 is 1.12 bits per heavy atom. The Balaban J connectivity index is 1.84. The van der Waals surface area contributed by atoms with Crippen LogP contribution in [-0.2, 0) is 13.2 Å². The van der Waals surface area contributed by atoms with Gasteiger partial charge in [-0.1, -0.05) is 44.0 Å². The van der Waals surface area contributed by atoms with E-state index in [1.165, 1.54) is 31.2 Å². The van der Waals surface area contributed by atoms with Crippen molar-refractivity contribution in [3.05, 3.63) is 35.4 Å². The van der Waals surface area contributed by atoms with Crippen molar-refractivity contribution in [1.82, 2.24) is 5.32 Å². The summed E-state index contributed by atoms with van der Waals surface area (Å²) in [6.45, 7) is 3.43. The fourth-order valence-corrected chi connectivity index (χ4v) is 2.63. The molecule has 0 radical (unpaired) electrons. The van der Waals surface area contributed by atoms with Gasteiger partial charge in [0.15, 0.2) is 0 Å². The standard InChI is InChI=1S/C15H23NO/c1-12-4-2-3-5-15(12)16-10-13-6-8-14(11-17)9-7-13/h6-9,12,15-17H,2-5,10-11H2,1H3. The fraction of sp³-hybridized carbons (Fsp3) is 0.600. The number of hydrogen-bond donors (Lipinski definition) is 2. The van der Waals surface area contributed by atoms with E-state index in [0.29, 0.717) is 6.04 Å². The maximum Gasteiger partial charge on any atom is 0.0681 e. The molecule has 0 spiro atoms. The van der Waals surface area contributed by atoms with Gasteiger partial charge in [0.2, 0.25) is 0 Å². The molecule has 2 atom stereocenters. The van der Waals surface area contributed by atoms with Crippen molar-refractivity contribution >= 4 is 0 Å². The third-order valence-electron chi connectivity index (χ3n) is 3.89. The maximum atomic E-state index is 8.98. The van der Waals surface area contributed by atoms with Crippen LogP contribution in [0.5, 0.6) is 0 Å². The molecule has 1 aromatic carbocycles. The van der Waals surface area contributed by atoms with Gasteiger partial charge in [-0.2, -0.15) is 0 Å². The van der Waals surface area contributed by atoms with Gasteiger partial charge in [0.25, 0.3) is 0 Å². The SMILES string of the molecule is CC1CCCCC1NCc1ccc(CO)cc1. The summed E-state index contributed by atoms with van der Waals surface area (Å²) in [5.41, 5.74) is 2.29. The van der Waals surface area contributed by atoms with E-state index in [1.54, 1.807) is 0 Å². The van der Waals surface area contributed by atoms with Crippen LogP contribution in [0.2, 0.25) is 0 Å². The van der Waals surface area contributed by atoms with Gasteiger partial charge in [0.1, 0.15) is 0 Å². The van der Waals surface area contributed by atoms with E-state index in [9.17, 15) is 0 Å². The zero-order valence-corrected chi connectivity index (χ0v) is 10.7. The summed E-state index contributed by atoms with van der Waals surface area (Å²) in [5.74, 6) is 0.806. The second kappa shape index (κ2) is 6.18. The molecule has 2 unspecified atom stereocenters. The van der Waals surface area contributed by atoms with E-state index >= 15 is 0 Å². The first-order valence-corrected chi connectivity index (χ1v) is 6.71. The Bertz CT molecular complexity index is 333. The van der Waals surface area contributed by atoms with Crippen LogP contribution in [-0.4, -0.2) is 11.1 Å². The van der Waals surface area contributed by atoms with E-state index in [4.69, 9.17) is 5.11 Å². The van der Waals surface area contributed by atoms with E-state index in [-0.39, 0.29) is 6.61 Å². The van der Waals surface area contributed by atoms with Crippen LogP contribution < -0.4 is 5.32 Å². The largest absolute Gasteiger partial charge is 0.392 e. The number of aliphatic hydroxyl groups excluding tert-OH is 1. The zero-order valence-electron chi connectivity index (χ0n) is 10.7. The molecule has 2 rings (SSSR count). The molecule has 0 heterocycles. The van der Waals surface area contributed by atoms with E-state index in [1.807, 2.05) is 12.1 Å². The molecule has 0 amide bonds. The molecule has 1 aromatic rings. The molecule has 2 nitrogen and oxygen atoms in total. The highest BCUT2D eigenvalue weighted by molar-refractivity contribution is 5.21. The van der Waals surface area contributed by atoms with Crippen molar-refractivity contribution < 1.29 is 5.11 Å². The smallest absolute Gasteiger partial charge is 0.0681 e. The maximum absolute atomic E-state index is 8.98. The van der Waals surface area contributed by atoms with E-state index in [2.05, 4.69) is 24.4 Å². The average molecular weight is 233 g/mol. The molecule has 0 aromatic heterocycles. The number of nitrogens with one attached hydrogen (secondary N) is 1. The van der Waals surface area contributed by atoms with Gasteiger partial charge in [-0.05, 0) is 29.9 Å². The lowest BCUT2D eigenvalue weighted by Gasteiger charge is -2.29. The van der Waals surface area contributed by atoms with Crippen molar-refractivity contribution in [3.8, 4) is 0 Å². The van der Waals surface area contributed by atoms with Crippen molar-refractivity contribution in [2.45, 2.75) is 51.8 Å². The quantitative estimate of drug-likeness (QED) is 0.838. The van der Waals surface area contributed by atoms with Crippen LogP contribution in [0.4, 0.5) is 0 Å². The number of hydrogen-bond acceptors (Lipinski definition) is 2. The molecule has 1 aliphatic carbocycles. The minimum atomic E-state index is 0.132. The predicted octanol–water partition coefficient (Wildman–Crippen LogP) is 2.85. The lowest BCUT2D eigenvalue weighted by Crippen LogP contribution is -2.36. The minimum absolute atomic E-state index is 0.132. The van der Waals surface area contributed by atoms with Gasteiger partial charge in [0.05, 0.1) is 6.61 Å². The second-order valence-corrected chi connectivity index (χ2v) is 5.22. The molecule has 0 bridgehead atoms. The lowest BCUT2D eigenvalue weighted by atomic mass is 9.86. The number of aliphatic hydroxyl groups is 1. The summed E-state index contributed by atoms with van der Waals surface area (Å²) < 4.78 is 0. The molecule has 2 N–H and O–H groups in total. The van der Waals surface area contributed by atoms with Gasteiger partial charge in [-0.15, -0.1) is 0 Å². The summed E-state index contributed by atoms with van der Waals surface area (Å²) in [6, 6.07) is 8.89. The van der Waals surface area contributed by atoms with Crippen molar-refractivity contribution in [3.63, 3.8) is 0 Å². The highest BCUT2D eigenvalue weighted by Crippen LogP contribution is 2.23. The second-order valence-electron chi connectivity index (χ2n) is 5.22. The third kappa shape index (κ3) is 3.55. The number of rotatable bonds is 4. The highest BCUT2D eigenvalue weighted by atomic mass is 16.3. The molecule has 1 saturated carbocycles. The topological polar surface area (TPSA) is 32.3 Å². The van der Waals surface area contributed by atoms with E-state index in [0.717, 1.165) is 18.0 Å². The van der Waals surface area contributed by atoms with Gasteiger partial charge in [0, 0.05) is 12.6 Å². The molecule has 1 aliphatic rings. The molecule has 2 heteroatoms.